The van der Waals surface area contributed by atoms with E-state index >= 15 is 0 Å². The highest BCUT2D eigenvalue weighted by atomic mass is 16.5. The third-order valence-electron chi connectivity index (χ3n) is 3.35. The summed E-state index contributed by atoms with van der Waals surface area (Å²) in [7, 11) is 4.71. The molecule has 122 valence electrons. The molecule has 23 heavy (non-hydrogen) atoms. The van der Waals surface area contributed by atoms with Crippen LogP contribution in [0, 0.1) is 0 Å². The second-order valence-electron chi connectivity index (χ2n) is 4.84. The van der Waals surface area contributed by atoms with Crippen molar-refractivity contribution in [3.05, 3.63) is 36.0 Å². The Morgan fingerprint density at radius 3 is 2.30 bits per heavy atom. The minimum absolute atomic E-state index is 0.0735. The highest BCUT2D eigenvalue weighted by molar-refractivity contribution is 5.74. The number of nitrogens with zero attached hydrogens (tertiary/aromatic N) is 1. The first-order valence-corrected chi connectivity index (χ1v) is 7.09. The number of hydrogen-bond acceptors (Lipinski definition) is 5. The standard InChI is InChI=1S/C17H20N2O4/c1-11(20)18-9-12-5-7-14(19-10-12)13-6-8-15(21-2)17(23-4)16(13)22-3/h5-8,10H,9H2,1-4H3,(H,18,20). The van der Waals surface area contributed by atoms with Crippen molar-refractivity contribution in [1.29, 1.82) is 0 Å². The van der Waals surface area contributed by atoms with E-state index in [9.17, 15) is 4.79 Å². The smallest absolute Gasteiger partial charge is 0.217 e. The summed E-state index contributed by atoms with van der Waals surface area (Å²) in [5, 5.41) is 2.74. The van der Waals surface area contributed by atoms with E-state index in [4.69, 9.17) is 14.2 Å². The maximum atomic E-state index is 10.9. The minimum atomic E-state index is -0.0735. The average Bonchev–Trinajstić information content (AvgIpc) is 2.58. The molecule has 0 aliphatic carbocycles. The zero-order chi connectivity index (χ0) is 16.8. The first-order chi connectivity index (χ1) is 11.1. The number of methoxy groups -OCH3 is 3. The van der Waals surface area contributed by atoms with Gasteiger partial charge in [0, 0.05) is 25.2 Å². The van der Waals surface area contributed by atoms with Crippen LogP contribution in [0.2, 0.25) is 0 Å². The Bertz CT molecular complexity index is 684. The van der Waals surface area contributed by atoms with Crippen LogP contribution in [0.4, 0.5) is 0 Å². The molecule has 0 radical (unpaired) electrons. The SMILES string of the molecule is COc1ccc(-c2ccc(CNC(C)=O)cn2)c(OC)c1OC. The summed E-state index contributed by atoms with van der Waals surface area (Å²) in [5.41, 5.74) is 2.47. The highest BCUT2D eigenvalue weighted by Gasteiger charge is 2.17. The number of carbonyl (C=O) groups is 1. The molecule has 6 heteroatoms. The summed E-state index contributed by atoms with van der Waals surface area (Å²) in [6.07, 6.45) is 1.72. The van der Waals surface area contributed by atoms with Crippen LogP contribution in [-0.4, -0.2) is 32.2 Å². The number of carbonyl (C=O) groups excluding carboxylic acids is 1. The summed E-state index contributed by atoms with van der Waals surface area (Å²) in [5.74, 6) is 1.61. The quantitative estimate of drug-likeness (QED) is 0.886. The molecule has 0 spiro atoms. The van der Waals surface area contributed by atoms with Gasteiger partial charge in [0.15, 0.2) is 11.5 Å². The van der Waals surface area contributed by atoms with Crippen molar-refractivity contribution >= 4 is 5.91 Å². The lowest BCUT2D eigenvalue weighted by Gasteiger charge is -2.15. The van der Waals surface area contributed by atoms with E-state index in [1.54, 1.807) is 27.5 Å². The van der Waals surface area contributed by atoms with Crippen LogP contribution < -0.4 is 19.5 Å². The third-order valence-corrected chi connectivity index (χ3v) is 3.35. The van der Waals surface area contributed by atoms with Crippen molar-refractivity contribution < 1.29 is 19.0 Å². The zero-order valence-corrected chi connectivity index (χ0v) is 13.7. The molecule has 0 unspecified atom stereocenters. The van der Waals surface area contributed by atoms with Gasteiger partial charge in [-0.1, -0.05) is 6.07 Å². The van der Waals surface area contributed by atoms with Crippen molar-refractivity contribution in [3.63, 3.8) is 0 Å². The van der Waals surface area contributed by atoms with Gasteiger partial charge in [-0.3, -0.25) is 9.78 Å². The third kappa shape index (κ3) is 3.71. The molecule has 6 nitrogen and oxygen atoms in total. The summed E-state index contributed by atoms with van der Waals surface area (Å²) in [4.78, 5) is 15.4. The molecule has 1 amide bonds. The van der Waals surface area contributed by atoms with Gasteiger partial charge in [0.05, 0.1) is 27.0 Å². The lowest BCUT2D eigenvalue weighted by atomic mass is 10.1. The first-order valence-electron chi connectivity index (χ1n) is 7.09. The monoisotopic (exact) mass is 316 g/mol. The zero-order valence-electron chi connectivity index (χ0n) is 13.7. The molecule has 2 aromatic rings. The number of ether oxygens (including phenoxy) is 3. The van der Waals surface area contributed by atoms with Gasteiger partial charge < -0.3 is 19.5 Å². The molecule has 0 aliphatic rings. The molecular weight excluding hydrogens is 296 g/mol. The van der Waals surface area contributed by atoms with Gasteiger partial charge in [-0.25, -0.2) is 0 Å². The van der Waals surface area contributed by atoms with Gasteiger partial charge in [-0.05, 0) is 23.8 Å². The maximum absolute atomic E-state index is 10.9. The van der Waals surface area contributed by atoms with E-state index in [1.165, 1.54) is 6.92 Å². The van der Waals surface area contributed by atoms with Crippen molar-refractivity contribution in [1.82, 2.24) is 10.3 Å². The molecule has 0 aliphatic heterocycles. The summed E-state index contributed by atoms with van der Waals surface area (Å²) >= 11 is 0. The molecule has 1 N–H and O–H groups in total. The highest BCUT2D eigenvalue weighted by Crippen LogP contribution is 2.43. The largest absolute Gasteiger partial charge is 0.493 e. The Kier molecular flexibility index (Phi) is 5.41. The van der Waals surface area contributed by atoms with Crippen molar-refractivity contribution in [3.8, 4) is 28.5 Å². The van der Waals surface area contributed by atoms with Crippen molar-refractivity contribution in [2.75, 3.05) is 21.3 Å². The number of aromatic nitrogens is 1. The number of hydrogen-bond donors (Lipinski definition) is 1. The van der Waals surface area contributed by atoms with Crippen LogP contribution in [0.15, 0.2) is 30.5 Å². The molecule has 0 saturated heterocycles. The number of benzene rings is 1. The summed E-state index contributed by atoms with van der Waals surface area (Å²) in [6, 6.07) is 7.47. The first kappa shape index (κ1) is 16.6. The van der Waals surface area contributed by atoms with Gasteiger partial charge in [0.2, 0.25) is 11.7 Å². The predicted molar refractivity (Wildman–Crippen MR) is 86.8 cm³/mol. The molecule has 0 fully saturated rings. The Morgan fingerprint density at radius 2 is 1.78 bits per heavy atom. The van der Waals surface area contributed by atoms with Crippen molar-refractivity contribution in [2.24, 2.45) is 0 Å². The Hall–Kier alpha value is -2.76. The topological polar surface area (TPSA) is 69.7 Å². The van der Waals surface area contributed by atoms with E-state index < -0.39 is 0 Å². The normalized spacial score (nSPS) is 10.1. The number of rotatable bonds is 6. The average molecular weight is 316 g/mol. The van der Waals surface area contributed by atoms with Crippen LogP contribution in [-0.2, 0) is 11.3 Å². The van der Waals surface area contributed by atoms with E-state index in [1.807, 2.05) is 24.3 Å². The molecule has 0 bridgehead atoms. The van der Waals surface area contributed by atoms with E-state index in [2.05, 4.69) is 10.3 Å². The van der Waals surface area contributed by atoms with Crippen molar-refractivity contribution in [2.45, 2.75) is 13.5 Å². The second kappa shape index (κ2) is 7.49. The van der Waals surface area contributed by atoms with E-state index in [-0.39, 0.29) is 5.91 Å². The molecule has 1 aromatic heterocycles. The Labute approximate surface area is 135 Å². The fraction of sp³-hybridized carbons (Fsp3) is 0.294. The van der Waals surface area contributed by atoms with Gasteiger partial charge in [0.25, 0.3) is 0 Å². The molecule has 0 atom stereocenters. The van der Waals surface area contributed by atoms with Crippen LogP contribution in [0.3, 0.4) is 0 Å². The Balaban J connectivity index is 2.36. The molecule has 0 saturated carbocycles. The van der Waals surface area contributed by atoms with Gasteiger partial charge >= 0.3 is 0 Å². The predicted octanol–water partition coefficient (Wildman–Crippen LogP) is 2.41. The number of nitrogens with one attached hydrogen (secondary N) is 1. The number of amides is 1. The van der Waals surface area contributed by atoms with E-state index in [0.717, 1.165) is 16.8 Å². The summed E-state index contributed by atoms with van der Waals surface area (Å²) < 4.78 is 16.1. The maximum Gasteiger partial charge on any atom is 0.217 e. The molecule has 2 rings (SSSR count). The van der Waals surface area contributed by atoms with Gasteiger partial charge in [0.1, 0.15) is 0 Å². The fourth-order valence-electron chi connectivity index (χ4n) is 2.22. The van der Waals surface area contributed by atoms with E-state index in [0.29, 0.717) is 23.8 Å². The second-order valence-corrected chi connectivity index (χ2v) is 4.84. The molecule has 1 heterocycles. The van der Waals surface area contributed by atoms with Crippen LogP contribution >= 0.6 is 0 Å². The minimum Gasteiger partial charge on any atom is -0.493 e. The molecular formula is C17H20N2O4. The Morgan fingerprint density at radius 1 is 1.04 bits per heavy atom. The summed E-state index contributed by atoms with van der Waals surface area (Å²) in [6.45, 7) is 1.93. The molecule has 1 aromatic carbocycles. The lowest BCUT2D eigenvalue weighted by molar-refractivity contribution is -0.119. The number of pyridine rings is 1. The van der Waals surface area contributed by atoms with Crippen LogP contribution in [0.1, 0.15) is 12.5 Å². The van der Waals surface area contributed by atoms with Gasteiger partial charge in [-0.15, -0.1) is 0 Å². The fourth-order valence-corrected chi connectivity index (χ4v) is 2.22. The lowest BCUT2D eigenvalue weighted by Crippen LogP contribution is -2.18. The van der Waals surface area contributed by atoms with Gasteiger partial charge in [-0.2, -0.15) is 0 Å². The van der Waals surface area contributed by atoms with Crippen LogP contribution in [0.25, 0.3) is 11.3 Å². The van der Waals surface area contributed by atoms with Crippen LogP contribution in [0.5, 0.6) is 17.2 Å².